The van der Waals surface area contributed by atoms with Crippen molar-refractivity contribution in [2.24, 2.45) is 5.73 Å². The number of benzene rings is 2. The van der Waals surface area contributed by atoms with Crippen molar-refractivity contribution in [3.63, 3.8) is 0 Å². The number of hydrogen-bond acceptors (Lipinski definition) is 1. The van der Waals surface area contributed by atoms with Crippen LogP contribution in [0.2, 0.25) is 0 Å². The summed E-state index contributed by atoms with van der Waals surface area (Å²) in [5.41, 5.74) is 5.82. The Morgan fingerprint density at radius 3 is 2.39 bits per heavy atom. The second-order valence-corrected chi connectivity index (χ2v) is 4.70. The SMILES string of the molecule is NC(c1cc(Br)ccc1F)c1cccc(F)c1F. The molecule has 1 nitrogen and oxygen atoms in total. The predicted octanol–water partition coefficient (Wildman–Crippen LogP) is 3.91. The zero-order valence-electron chi connectivity index (χ0n) is 9.13. The van der Waals surface area contributed by atoms with Crippen LogP contribution in [0.1, 0.15) is 17.2 Å². The smallest absolute Gasteiger partial charge is 0.163 e. The molecule has 0 amide bonds. The second-order valence-electron chi connectivity index (χ2n) is 3.79. The van der Waals surface area contributed by atoms with Gasteiger partial charge in [-0.05, 0) is 24.3 Å². The molecule has 0 saturated heterocycles. The van der Waals surface area contributed by atoms with Crippen molar-refractivity contribution in [1.82, 2.24) is 0 Å². The molecule has 0 aliphatic heterocycles. The van der Waals surface area contributed by atoms with Gasteiger partial charge in [-0.2, -0.15) is 0 Å². The van der Waals surface area contributed by atoms with Crippen molar-refractivity contribution in [2.45, 2.75) is 6.04 Å². The van der Waals surface area contributed by atoms with Crippen molar-refractivity contribution in [3.05, 3.63) is 69.4 Å². The first-order valence-corrected chi connectivity index (χ1v) is 5.94. The van der Waals surface area contributed by atoms with Crippen LogP contribution in [-0.2, 0) is 0 Å². The largest absolute Gasteiger partial charge is 0.320 e. The summed E-state index contributed by atoms with van der Waals surface area (Å²) in [5.74, 6) is -2.61. The lowest BCUT2D eigenvalue weighted by Gasteiger charge is -2.15. The molecule has 2 N–H and O–H groups in total. The van der Waals surface area contributed by atoms with Crippen LogP contribution in [0, 0.1) is 17.5 Å². The molecule has 0 aromatic heterocycles. The zero-order valence-corrected chi connectivity index (χ0v) is 10.7. The first kappa shape index (κ1) is 13.1. The number of halogens is 4. The highest BCUT2D eigenvalue weighted by Crippen LogP contribution is 2.27. The van der Waals surface area contributed by atoms with E-state index < -0.39 is 23.5 Å². The first-order chi connectivity index (χ1) is 8.50. The maximum absolute atomic E-state index is 13.6. The molecule has 2 aromatic rings. The van der Waals surface area contributed by atoms with E-state index in [-0.39, 0.29) is 11.1 Å². The fourth-order valence-electron chi connectivity index (χ4n) is 1.68. The van der Waals surface area contributed by atoms with Gasteiger partial charge in [0, 0.05) is 15.6 Å². The Morgan fingerprint density at radius 1 is 0.944 bits per heavy atom. The summed E-state index contributed by atoms with van der Waals surface area (Å²) in [6, 6.07) is 6.78. The Morgan fingerprint density at radius 2 is 1.67 bits per heavy atom. The molecule has 1 atom stereocenters. The molecule has 0 spiro atoms. The molecule has 0 bridgehead atoms. The summed E-state index contributed by atoms with van der Waals surface area (Å²) >= 11 is 3.18. The highest BCUT2D eigenvalue weighted by Gasteiger charge is 2.19. The van der Waals surface area contributed by atoms with E-state index in [1.54, 1.807) is 0 Å². The van der Waals surface area contributed by atoms with Gasteiger partial charge in [-0.3, -0.25) is 0 Å². The van der Waals surface area contributed by atoms with E-state index in [4.69, 9.17) is 5.73 Å². The van der Waals surface area contributed by atoms with Gasteiger partial charge in [0.1, 0.15) is 5.82 Å². The molecule has 2 rings (SSSR count). The van der Waals surface area contributed by atoms with E-state index in [1.165, 1.54) is 30.3 Å². The van der Waals surface area contributed by atoms with Gasteiger partial charge in [0.25, 0.3) is 0 Å². The minimum Gasteiger partial charge on any atom is -0.320 e. The van der Waals surface area contributed by atoms with Gasteiger partial charge in [-0.25, -0.2) is 13.2 Å². The number of nitrogens with two attached hydrogens (primary N) is 1. The lowest BCUT2D eigenvalue weighted by Crippen LogP contribution is -2.16. The molecule has 94 valence electrons. The van der Waals surface area contributed by atoms with Gasteiger partial charge in [0.05, 0.1) is 6.04 Å². The minimum atomic E-state index is -1.06. The van der Waals surface area contributed by atoms with Crippen molar-refractivity contribution < 1.29 is 13.2 Å². The van der Waals surface area contributed by atoms with Crippen LogP contribution >= 0.6 is 15.9 Å². The van der Waals surface area contributed by atoms with Gasteiger partial charge in [-0.1, -0.05) is 28.1 Å². The third-order valence-corrected chi connectivity index (χ3v) is 3.10. The van der Waals surface area contributed by atoms with Crippen molar-refractivity contribution in [1.29, 1.82) is 0 Å². The molecule has 1 unspecified atom stereocenters. The van der Waals surface area contributed by atoms with Crippen molar-refractivity contribution >= 4 is 15.9 Å². The molecular weight excluding hydrogens is 307 g/mol. The van der Waals surface area contributed by atoms with Crippen LogP contribution in [0.15, 0.2) is 40.9 Å². The highest BCUT2D eigenvalue weighted by molar-refractivity contribution is 9.10. The standard InChI is InChI=1S/C13H9BrF3N/c14-7-4-5-10(15)9(6-7)13(18)8-2-1-3-11(16)12(8)17/h1-6,13H,18H2. The van der Waals surface area contributed by atoms with Crippen LogP contribution in [0.5, 0.6) is 0 Å². The fraction of sp³-hybridized carbons (Fsp3) is 0.0769. The topological polar surface area (TPSA) is 26.0 Å². The van der Waals surface area contributed by atoms with E-state index in [9.17, 15) is 13.2 Å². The van der Waals surface area contributed by atoms with Crippen LogP contribution in [-0.4, -0.2) is 0 Å². The molecule has 0 radical (unpaired) electrons. The monoisotopic (exact) mass is 315 g/mol. The molecular formula is C13H9BrF3N. The third-order valence-electron chi connectivity index (χ3n) is 2.61. The Labute approximate surface area is 111 Å². The molecule has 0 saturated carbocycles. The van der Waals surface area contributed by atoms with E-state index in [2.05, 4.69) is 15.9 Å². The van der Waals surface area contributed by atoms with Gasteiger partial charge >= 0.3 is 0 Å². The number of hydrogen-bond donors (Lipinski definition) is 1. The van der Waals surface area contributed by atoms with Crippen molar-refractivity contribution in [2.75, 3.05) is 0 Å². The summed E-state index contributed by atoms with van der Waals surface area (Å²) in [6.45, 7) is 0. The molecule has 0 heterocycles. The average Bonchev–Trinajstić information content (AvgIpc) is 2.35. The van der Waals surface area contributed by atoms with Gasteiger partial charge < -0.3 is 5.73 Å². The highest BCUT2D eigenvalue weighted by atomic mass is 79.9. The molecule has 0 aliphatic carbocycles. The Kier molecular flexibility index (Phi) is 3.73. The fourth-order valence-corrected chi connectivity index (χ4v) is 2.06. The Bertz CT molecular complexity index is 584. The van der Waals surface area contributed by atoms with E-state index in [0.29, 0.717) is 4.47 Å². The van der Waals surface area contributed by atoms with E-state index in [0.717, 1.165) is 6.07 Å². The summed E-state index contributed by atoms with van der Waals surface area (Å²) in [7, 11) is 0. The summed E-state index contributed by atoms with van der Waals surface area (Å²) < 4.78 is 40.9. The zero-order chi connectivity index (χ0) is 13.3. The minimum absolute atomic E-state index is 0.0769. The van der Waals surface area contributed by atoms with E-state index in [1.807, 2.05) is 0 Å². The Hall–Kier alpha value is -1.33. The van der Waals surface area contributed by atoms with Crippen LogP contribution in [0.4, 0.5) is 13.2 Å². The van der Waals surface area contributed by atoms with Crippen molar-refractivity contribution in [3.8, 4) is 0 Å². The summed E-state index contributed by atoms with van der Waals surface area (Å²) in [4.78, 5) is 0. The van der Waals surface area contributed by atoms with Gasteiger partial charge in [-0.15, -0.1) is 0 Å². The predicted molar refractivity (Wildman–Crippen MR) is 66.5 cm³/mol. The lowest BCUT2D eigenvalue weighted by atomic mass is 9.98. The maximum Gasteiger partial charge on any atom is 0.163 e. The normalized spacial score (nSPS) is 12.5. The van der Waals surface area contributed by atoms with Gasteiger partial charge in [0.2, 0.25) is 0 Å². The second kappa shape index (κ2) is 5.12. The van der Waals surface area contributed by atoms with Crippen LogP contribution in [0.25, 0.3) is 0 Å². The molecule has 18 heavy (non-hydrogen) atoms. The molecule has 2 aromatic carbocycles. The van der Waals surface area contributed by atoms with E-state index >= 15 is 0 Å². The lowest BCUT2D eigenvalue weighted by molar-refractivity contribution is 0.492. The first-order valence-electron chi connectivity index (χ1n) is 5.15. The molecule has 0 aliphatic rings. The number of rotatable bonds is 2. The maximum atomic E-state index is 13.6. The average molecular weight is 316 g/mol. The quantitative estimate of drug-likeness (QED) is 0.893. The molecule has 5 heteroatoms. The third kappa shape index (κ3) is 2.42. The summed E-state index contributed by atoms with van der Waals surface area (Å²) in [5, 5.41) is 0. The molecule has 0 fully saturated rings. The van der Waals surface area contributed by atoms with Crippen LogP contribution < -0.4 is 5.73 Å². The van der Waals surface area contributed by atoms with Crippen LogP contribution in [0.3, 0.4) is 0 Å². The Balaban J connectivity index is 2.51. The van der Waals surface area contributed by atoms with Gasteiger partial charge in [0.15, 0.2) is 11.6 Å². The summed E-state index contributed by atoms with van der Waals surface area (Å²) in [6.07, 6.45) is 0.